The van der Waals surface area contributed by atoms with Crippen molar-refractivity contribution in [2.24, 2.45) is 0 Å². The maximum atomic E-state index is 12.1. The molecule has 0 spiro atoms. The predicted octanol–water partition coefficient (Wildman–Crippen LogP) is 3.75. The molecule has 1 saturated heterocycles. The number of ether oxygens (including phenoxy) is 1. The Bertz CT molecular complexity index is 707. The van der Waals surface area contributed by atoms with Crippen LogP contribution in [-0.2, 0) is 4.74 Å². The Balaban J connectivity index is 1.54. The third-order valence-corrected chi connectivity index (χ3v) is 5.66. The van der Waals surface area contributed by atoms with E-state index >= 15 is 0 Å². The molecule has 8 heteroatoms. The Hall–Kier alpha value is -1.80. The summed E-state index contributed by atoms with van der Waals surface area (Å²) in [6.45, 7) is 8.50. The van der Waals surface area contributed by atoms with Gasteiger partial charge in [-0.05, 0) is 32.9 Å². The van der Waals surface area contributed by atoms with Gasteiger partial charge in [0, 0.05) is 43.5 Å². The van der Waals surface area contributed by atoms with Crippen molar-refractivity contribution in [1.82, 2.24) is 14.9 Å². The lowest BCUT2D eigenvalue weighted by atomic mass is 10.2. The minimum atomic E-state index is -0.456. The van der Waals surface area contributed by atoms with Crippen LogP contribution in [0.1, 0.15) is 20.8 Å². The van der Waals surface area contributed by atoms with Crippen LogP contribution in [0.2, 0.25) is 0 Å². The van der Waals surface area contributed by atoms with E-state index in [1.165, 1.54) is 0 Å². The van der Waals surface area contributed by atoms with Gasteiger partial charge >= 0.3 is 6.09 Å². The Labute approximate surface area is 156 Å². The van der Waals surface area contributed by atoms with Gasteiger partial charge in [0.2, 0.25) is 0 Å². The fourth-order valence-corrected chi connectivity index (χ4v) is 4.35. The van der Waals surface area contributed by atoms with Gasteiger partial charge in [-0.25, -0.2) is 9.78 Å². The lowest BCUT2D eigenvalue weighted by Crippen LogP contribution is -2.50. The summed E-state index contributed by atoms with van der Waals surface area (Å²) in [6, 6.07) is 3.97. The van der Waals surface area contributed by atoms with Crippen molar-refractivity contribution < 1.29 is 9.53 Å². The smallest absolute Gasteiger partial charge is 0.410 e. The second-order valence-corrected chi connectivity index (χ2v) is 9.09. The van der Waals surface area contributed by atoms with Crippen LogP contribution in [0.15, 0.2) is 39.8 Å². The predicted molar refractivity (Wildman–Crippen MR) is 100 cm³/mol. The largest absolute Gasteiger partial charge is 0.444 e. The number of thiazole rings is 1. The van der Waals surface area contributed by atoms with Crippen LogP contribution < -0.4 is 4.90 Å². The maximum absolute atomic E-state index is 12.1. The first kappa shape index (κ1) is 18.0. The van der Waals surface area contributed by atoms with Gasteiger partial charge in [0.25, 0.3) is 0 Å². The lowest BCUT2D eigenvalue weighted by molar-refractivity contribution is 0.0240. The van der Waals surface area contributed by atoms with E-state index in [2.05, 4.69) is 14.9 Å². The van der Waals surface area contributed by atoms with Gasteiger partial charge < -0.3 is 14.5 Å². The molecular formula is C17H22N4O2S2. The van der Waals surface area contributed by atoms with E-state index in [0.29, 0.717) is 13.1 Å². The molecule has 3 heterocycles. The minimum Gasteiger partial charge on any atom is -0.444 e. The number of carbonyl (C=O) groups is 1. The van der Waals surface area contributed by atoms with E-state index in [1.54, 1.807) is 34.2 Å². The van der Waals surface area contributed by atoms with Gasteiger partial charge in [0.05, 0.1) is 10.4 Å². The second-order valence-electron chi connectivity index (χ2n) is 6.71. The van der Waals surface area contributed by atoms with Crippen LogP contribution in [0, 0.1) is 0 Å². The molecule has 0 radical (unpaired) electrons. The molecule has 0 saturated carbocycles. The van der Waals surface area contributed by atoms with Crippen molar-refractivity contribution in [3.8, 4) is 0 Å². The third kappa shape index (κ3) is 5.09. The summed E-state index contributed by atoms with van der Waals surface area (Å²) >= 11 is 3.34. The highest BCUT2D eigenvalue weighted by molar-refractivity contribution is 8.01. The lowest BCUT2D eigenvalue weighted by Gasteiger charge is -2.35. The number of aromatic nitrogens is 2. The molecule has 6 nitrogen and oxygen atoms in total. The Morgan fingerprint density at radius 3 is 2.64 bits per heavy atom. The summed E-state index contributed by atoms with van der Waals surface area (Å²) < 4.78 is 6.57. The summed E-state index contributed by atoms with van der Waals surface area (Å²) in [4.78, 5) is 25.9. The summed E-state index contributed by atoms with van der Waals surface area (Å²) in [5, 5.41) is 0.996. The van der Waals surface area contributed by atoms with E-state index < -0.39 is 5.60 Å². The normalized spacial score (nSPS) is 15.3. The van der Waals surface area contributed by atoms with Crippen molar-refractivity contribution >= 4 is 34.3 Å². The van der Waals surface area contributed by atoms with Crippen LogP contribution >= 0.6 is 23.1 Å². The second kappa shape index (κ2) is 7.61. The molecule has 2 aromatic heterocycles. The maximum Gasteiger partial charge on any atom is 0.410 e. The molecule has 3 rings (SSSR count). The van der Waals surface area contributed by atoms with Crippen LogP contribution in [0.25, 0.3) is 0 Å². The number of hydrogen-bond donors (Lipinski definition) is 0. The Kier molecular flexibility index (Phi) is 5.48. The van der Waals surface area contributed by atoms with Crippen molar-refractivity contribution in [3.05, 3.63) is 30.7 Å². The molecule has 0 N–H and O–H groups in total. The standard InChI is InChI=1S/C17H22N4O2S2/c1-17(2,3)23-16(22)21-9-7-20(8-10-21)15-19-12-14(25-15)24-13-5-4-6-18-11-13/h4-6,11-12H,7-10H2,1-3H3. The van der Waals surface area contributed by atoms with Gasteiger partial charge in [-0.3, -0.25) is 4.98 Å². The van der Waals surface area contributed by atoms with Crippen LogP contribution in [0.3, 0.4) is 0 Å². The van der Waals surface area contributed by atoms with Gasteiger partial charge in [-0.1, -0.05) is 23.1 Å². The Morgan fingerprint density at radius 1 is 1.24 bits per heavy atom. The fraction of sp³-hybridized carbons (Fsp3) is 0.471. The van der Waals surface area contributed by atoms with Gasteiger partial charge in [-0.2, -0.15) is 0 Å². The van der Waals surface area contributed by atoms with Gasteiger partial charge in [0.15, 0.2) is 5.13 Å². The van der Waals surface area contributed by atoms with Crippen LogP contribution in [-0.4, -0.2) is 52.7 Å². The number of anilines is 1. The van der Waals surface area contributed by atoms with E-state index in [-0.39, 0.29) is 6.09 Å². The first-order chi connectivity index (χ1) is 11.9. The average Bonchev–Trinajstić information content (AvgIpc) is 3.03. The summed E-state index contributed by atoms with van der Waals surface area (Å²) in [5.41, 5.74) is -0.456. The number of pyridine rings is 1. The molecule has 1 aliphatic heterocycles. The fourth-order valence-electron chi connectivity index (χ4n) is 2.37. The van der Waals surface area contributed by atoms with Crippen molar-refractivity contribution in [2.75, 3.05) is 31.1 Å². The summed E-state index contributed by atoms with van der Waals surface area (Å²) in [5.74, 6) is 0. The molecule has 25 heavy (non-hydrogen) atoms. The van der Waals surface area contributed by atoms with E-state index in [0.717, 1.165) is 27.3 Å². The number of amides is 1. The molecule has 0 bridgehead atoms. The number of nitrogens with zero attached hydrogens (tertiary/aromatic N) is 4. The van der Waals surface area contributed by atoms with Crippen LogP contribution in [0.5, 0.6) is 0 Å². The first-order valence-electron chi connectivity index (χ1n) is 8.17. The first-order valence-corrected chi connectivity index (χ1v) is 9.80. The van der Waals surface area contributed by atoms with Crippen LogP contribution in [0.4, 0.5) is 9.93 Å². The molecular weight excluding hydrogens is 356 g/mol. The zero-order valence-corrected chi connectivity index (χ0v) is 16.3. The van der Waals surface area contributed by atoms with E-state index in [9.17, 15) is 4.79 Å². The summed E-state index contributed by atoms with van der Waals surface area (Å²) in [7, 11) is 0. The van der Waals surface area contributed by atoms with Crippen molar-refractivity contribution in [1.29, 1.82) is 0 Å². The highest BCUT2D eigenvalue weighted by Crippen LogP contribution is 2.35. The highest BCUT2D eigenvalue weighted by atomic mass is 32.2. The SMILES string of the molecule is CC(C)(C)OC(=O)N1CCN(c2ncc(Sc3cccnc3)s2)CC1. The molecule has 0 unspecified atom stereocenters. The molecule has 134 valence electrons. The van der Waals surface area contributed by atoms with Crippen molar-refractivity contribution in [3.63, 3.8) is 0 Å². The molecule has 2 aromatic rings. The topological polar surface area (TPSA) is 58.6 Å². The number of carbonyl (C=O) groups excluding carboxylic acids is 1. The van der Waals surface area contributed by atoms with Crippen molar-refractivity contribution in [2.45, 2.75) is 35.5 Å². The highest BCUT2D eigenvalue weighted by Gasteiger charge is 2.26. The molecule has 0 atom stereocenters. The molecule has 1 aliphatic rings. The van der Waals surface area contributed by atoms with Gasteiger partial charge in [0.1, 0.15) is 5.60 Å². The third-order valence-electron chi connectivity index (χ3n) is 3.53. The molecule has 1 amide bonds. The quantitative estimate of drug-likeness (QED) is 0.811. The zero-order valence-electron chi connectivity index (χ0n) is 14.6. The number of hydrogen-bond acceptors (Lipinski definition) is 7. The zero-order chi connectivity index (χ0) is 17.9. The number of piperazine rings is 1. The molecule has 0 aliphatic carbocycles. The van der Waals surface area contributed by atoms with Gasteiger partial charge in [-0.15, -0.1) is 0 Å². The van der Waals surface area contributed by atoms with E-state index in [4.69, 9.17) is 4.74 Å². The number of rotatable bonds is 3. The molecule has 1 fully saturated rings. The Morgan fingerprint density at radius 2 is 2.00 bits per heavy atom. The molecule has 0 aromatic carbocycles. The van der Waals surface area contributed by atoms with E-state index in [1.807, 2.05) is 45.3 Å². The summed E-state index contributed by atoms with van der Waals surface area (Å²) in [6.07, 6.45) is 5.28. The monoisotopic (exact) mass is 378 g/mol. The minimum absolute atomic E-state index is 0.237. The average molecular weight is 379 g/mol.